The quantitative estimate of drug-likeness (QED) is 0.786. The molecule has 1 aromatic carbocycles. The van der Waals surface area contributed by atoms with Crippen LogP contribution < -0.4 is 11.1 Å². The topological polar surface area (TPSA) is 92.4 Å². The van der Waals surface area contributed by atoms with E-state index in [4.69, 9.17) is 5.73 Å². The normalized spacial score (nSPS) is 17.4. The van der Waals surface area contributed by atoms with Gasteiger partial charge >= 0.3 is 5.97 Å². The van der Waals surface area contributed by atoms with Crippen LogP contribution in [0.3, 0.4) is 0 Å². The first kappa shape index (κ1) is 14.4. The number of anilines is 1. The average Bonchev–Trinajstić information content (AvgIpc) is 2.39. The van der Waals surface area contributed by atoms with Gasteiger partial charge in [-0.2, -0.15) is 0 Å². The van der Waals surface area contributed by atoms with E-state index in [1.807, 2.05) is 0 Å². The van der Waals surface area contributed by atoms with Crippen molar-refractivity contribution in [2.75, 3.05) is 5.32 Å². The molecule has 2 rings (SSSR count). The van der Waals surface area contributed by atoms with Crippen LogP contribution in [0.4, 0.5) is 5.69 Å². The third kappa shape index (κ3) is 2.76. The lowest BCUT2D eigenvalue weighted by Gasteiger charge is -2.35. The number of rotatable bonds is 4. The number of carbonyl (C=O) groups excluding carboxylic acids is 1. The molecule has 0 bridgehead atoms. The summed E-state index contributed by atoms with van der Waals surface area (Å²) in [6, 6.07) is 5.13. The highest BCUT2D eigenvalue weighted by atomic mass is 16.4. The SMILES string of the molecule is Cc1cc(NC2(C(=O)O)CCCCC2)ccc1C(N)=O. The first-order valence-corrected chi connectivity index (χ1v) is 6.87. The van der Waals surface area contributed by atoms with E-state index < -0.39 is 17.4 Å². The number of nitrogens with one attached hydrogen (secondary N) is 1. The molecule has 0 radical (unpaired) electrons. The molecular weight excluding hydrogens is 256 g/mol. The number of hydrogen-bond donors (Lipinski definition) is 3. The van der Waals surface area contributed by atoms with E-state index in [0.717, 1.165) is 30.5 Å². The molecule has 0 heterocycles. The van der Waals surface area contributed by atoms with Crippen LogP contribution in [0.2, 0.25) is 0 Å². The van der Waals surface area contributed by atoms with E-state index in [9.17, 15) is 14.7 Å². The smallest absolute Gasteiger partial charge is 0.329 e. The molecule has 0 spiro atoms. The Balaban J connectivity index is 2.25. The molecule has 1 aliphatic carbocycles. The van der Waals surface area contributed by atoms with Gasteiger partial charge in [-0.25, -0.2) is 4.79 Å². The number of carbonyl (C=O) groups is 2. The molecule has 1 saturated carbocycles. The summed E-state index contributed by atoms with van der Waals surface area (Å²) in [5, 5.41) is 12.7. The molecule has 20 heavy (non-hydrogen) atoms. The fourth-order valence-corrected chi connectivity index (χ4v) is 2.84. The molecule has 1 fully saturated rings. The van der Waals surface area contributed by atoms with Crippen LogP contribution in [0, 0.1) is 6.92 Å². The van der Waals surface area contributed by atoms with Gasteiger partial charge in [0.15, 0.2) is 0 Å². The number of primary amides is 1. The average molecular weight is 276 g/mol. The highest BCUT2D eigenvalue weighted by molar-refractivity contribution is 5.94. The van der Waals surface area contributed by atoms with Gasteiger partial charge in [0.05, 0.1) is 0 Å². The van der Waals surface area contributed by atoms with Gasteiger partial charge < -0.3 is 16.2 Å². The fourth-order valence-electron chi connectivity index (χ4n) is 2.84. The van der Waals surface area contributed by atoms with Crippen molar-refractivity contribution in [2.45, 2.75) is 44.6 Å². The molecule has 5 heteroatoms. The maximum Gasteiger partial charge on any atom is 0.329 e. The minimum atomic E-state index is -0.890. The number of aliphatic carboxylic acids is 1. The van der Waals surface area contributed by atoms with Crippen molar-refractivity contribution < 1.29 is 14.7 Å². The lowest BCUT2D eigenvalue weighted by atomic mass is 9.81. The molecule has 1 amide bonds. The summed E-state index contributed by atoms with van der Waals surface area (Å²) < 4.78 is 0. The van der Waals surface area contributed by atoms with E-state index in [2.05, 4.69) is 5.32 Å². The first-order chi connectivity index (χ1) is 9.44. The molecule has 108 valence electrons. The van der Waals surface area contributed by atoms with Gasteiger partial charge in [0.1, 0.15) is 5.54 Å². The minimum Gasteiger partial charge on any atom is -0.480 e. The molecule has 0 aliphatic heterocycles. The third-order valence-electron chi connectivity index (χ3n) is 3.99. The van der Waals surface area contributed by atoms with Gasteiger partial charge in [-0.3, -0.25) is 4.79 Å². The Kier molecular flexibility index (Phi) is 3.97. The van der Waals surface area contributed by atoms with Crippen molar-refractivity contribution in [3.63, 3.8) is 0 Å². The molecule has 1 aliphatic rings. The number of aryl methyl sites for hydroxylation is 1. The summed E-state index contributed by atoms with van der Waals surface area (Å²) in [4.78, 5) is 22.8. The zero-order valence-corrected chi connectivity index (χ0v) is 11.6. The first-order valence-electron chi connectivity index (χ1n) is 6.87. The van der Waals surface area contributed by atoms with Gasteiger partial charge in [-0.15, -0.1) is 0 Å². The summed E-state index contributed by atoms with van der Waals surface area (Å²) in [6.07, 6.45) is 4.16. The minimum absolute atomic E-state index is 0.462. The van der Waals surface area contributed by atoms with Crippen LogP contribution in [0.15, 0.2) is 18.2 Å². The Morgan fingerprint density at radius 3 is 2.40 bits per heavy atom. The second-order valence-corrected chi connectivity index (χ2v) is 5.47. The summed E-state index contributed by atoms with van der Waals surface area (Å²) in [7, 11) is 0. The largest absolute Gasteiger partial charge is 0.480 e. The Bertz CT molecular complexity index is 534. The molecule has 0 atom stereocenters. The van der Waals surface area contributed by atoms with Crippen molar-refractivity contribution in [2.24, 2.45) is 5.73 Å². The summed E-state index contributed by atoms with van der Waals surface area (Å²) in [5.41, 5.74) is 6.31. The van der Waals surface area contributed by atoms with Gasteiger partial charge in [-0.1, -0.05) is 19.3 Å². The zero-order valence-electron chi connectivity index (χ0n) is 11.6. The molecular formula is C15H20N2O3. The van der Waals surface area contributed by atoms with Crippen molar-refractivity contribution in [3.05, 3.63) is 29.3 Å². The standard InChI is InChI=1S/C15H20N2O3/c1-10-9-11(5-6-12(10)13(16)18)17-15(14(19)20)7-3-2-4-8-15/h5-6,9,17H,2-4,7-8H2,1H3,(H2,16,18)(H,19,20). The van der Waals surface area contributed by atoms with Gasteiger partial charge in [0.25, 0.3) is 0 Å². The number of carboxylic acid groups (broad SMARTS) is 1. The summed E-state index contributed by atoms with van der Waals surface area (Å²) >= 11 is 0. The molecule has 4 N–H and O–H groups in total. The van der Waals surface area contributed by atoms with Crippen LogP contribution in [0.5, 0.6) is 0 Å². The number of benzene rings is 1. The number of hydrogen-bond acceptors (Lipinski definition) is 3. The Labute approximate surface area is 118 Å². The maximum absolute atomic E-state index is 11.6. The van der Waals surface area contributed by atoms with Crippen LogP contribution in [0.1, 0.15) is 48.0 Å². The van der Waals surface area contributed by atoms with Crippen molar-refractivity contribution >= 4 is 17.6 Å². The lowest BCUT2D eigenvalue weighted by molar-refractivity contribution is -0.143. The van der Waals surface area contributed by atoms with E-state index in [1.165, 1.54) is 0 Å². The number of nitrogens with two attached hydrogens (primary N) is 1. The van der Waals surface area contributed by atoms with E-state index in [1.54, 1.807) is 25.1 Å². The summed E-state index contributed by atoms with van der Waals surface area (Å²) in [6.45, 7) is 1.79. The zero-order chi connectivity index (χ0) is 14.8. The van der Waals surface area contributed by atoms with E-state index in [-0.39, 0.29) is 0 Å². The summed E-state index contributed by atoms with van der Waals surface area (Å²) in [5.74, 6) is -1.28. The molecule has 5 nitrogen and oxygen atoms in total. The second-order valence-electron chi connectivity index (χ2n) is 5.47. The molecule has 0 saturated heterocycles. The van der Waals surface area contributed by atoms with Gasteiger partial charge in [-0.05, 0) is 43.5 Å². The highest BCUT2D eigenvalue weighted by Crippen LogP contribution is 2.32. The monoisotopic (exact) mass is 276 g/mol. The van der Waals surface area contributed by atoms with E-state index >= 15 is 0 Å². The molecule has 1 aromatic rings. The van der Waals surface area contributed by atoms with Crippen LogP contribution in [-0.2, 0) is 4.79 Å². The van der Waals surface area contributed by atoms with Gasteiger partial charge in [0, 0.05) is 11.3 Å². The van der Waals surface area contributed by atoms with Crippen molar-refractivity contribution in [3.8, 4) is 0 Å². The van der Waals surface area contributed by atoms with Crippen LogP contribution >= 0.6 is 0 Å². The van der Waals surface area contributed by atoms with E-state index in [0.29, 0.717) is 18.4 Å². The second kappa shape index (κ2) is 5.53. The van der Waals surface area contributed by atoms with Gasteiger partial charge in [0.2, 0.25) is 5.91 Å². The highest BCUT2D eigenvalue weighted by Gasteiger charge is 2.39. The molecule has 0 aromatic heterocycles. The van der Waals surface area contributed by atoms with Crippen LogP contribution in [0.25, 0.3) is 0 Å². The van der Waals surface area contributed by atoms with Crippen LogP contribution in [-0.4, -0.2) is 22.5 Å². The van der Waals surface area contributed by atoms with Crippen molar-refractivity contribution in [1.29, 1.82) is 0 Å². The lowest BCUT2D eigenvalue weighted by Crippen LogP contribution is -2.47. The Morgan fingerprint density at radius 1 is 1.25 bits per heavy atom. The molecule has 0 unspecified atom stereocenters. The Morgan fingerprint density at radius 2 is 1.90 bits per heavy atom. The number of carboxylic acids is 1. The predicted molar refractivity (Wildman–Crippen MR) is 76.8 cm³/mol. The van der Waals surface area contributed by atoms with Crippen molar-refractivity contribution in [1.82, 2.24) is 0 Å². The number of amides is 1. The maximum atomic E-state index is 11.6. The predicted octanol–water partition coefficient (Wildman–Crippen LogP) is 2.29. The fraction of sp³-hybridized carbons (Fsp3) is 0.467. The third-order valence-corrected chi connectivity index (χ3v) is 3.99. The Hall–Kier alpha value is -2.04.